The summed E-state index contributed by atoms with van der Waals surface area (Å²) in [5.41, 5.74) is 6.92. The molecule has 2 heterocycles. The molecule has 20 heavy (non-hydrogen) atoms. The summed E-state index contributed by atoms with van der Waals surface area (Å²) in [5, 5.41) is 1.20. The number of hydrogen-bond donors (Lipinski definition) is 1. The Bertz CT molecular complexity index is 488. The molecule has 3 nitrogen and oxygen atoms in total. The average Bonchev–Trinajstić information content (AvgIpc) is 2.75. The number of thioether (sulfide) groups is 1. The minimum Gasteiger partial charge on any atom is -0.396 e. The van der Waals surface area contributed by atoms with Crippen LogP contribution < -0.4 is 10.6 Å². The van der Waals surface area contributed by atoms with Crippen LogP contribution in [-0.2, 0) is 0 Å². The van der Waals surface area contributed by atoms with Crippen LogP contribution in [0, 0.1) is 11.8 Å². The van der Waals surface area contributed by atoms with Crippen molar-refractivity contribution in [2.45, 2.75) is 38.5 Å². The fourth-order valence-electron chi connectivity index (χ4n) is 2.48. The van der Waals surface area contributed by atoms with E-state index < -0.39 is 0 Å². The number of piperidine rings is 1. The summed E-state index contributed by atoms with van der Waals surface area (Å²) in [5.74, 6) is 0.970. The number of carbonyl (C=O) groups is 1. The van der Waals surface area contributed by atoms with E-state index >= 15 is 0 Å². The zero-order valence-electron chi connectivity index (χ0n) is 12.7. The van der Waals surface area contributed by atoms with E-state index in [9.17, 15) is 4.79 Å². The van der Waals surface area contributed by atoms with E-state index in [4.69, 9.17) is 5.73 Å². The summed E-state index contributed by atoms with van der Waals surface area (Å²) in [6, 6.07) is 0. The third-order valence-electron chi connectivity index (χ3n) is 3.91. The Labute approximate surface area is 129 Å². The SMILES string of the molecule is CSc1c(N2CCC(C)CC2)sc(C(=O)C(C)C)c1N. The molecule has 0 unspecified atom stereocenters. The van der Waals surface area contributed by atoms with Gasteiger partial charge >= 0.3 is 0 Å². The van der Waals surface area contributed by atoms with Gasteiger partial charge in [0.05, 0.1) is 15.5 Å². The number of nitrogen functional groups attached to an aromatic ring is 1. The Morgan fingerprint density at radius 3 is 2.50 bits per heavy atom. The predicted molar refractivity (Wildman–Crippen MR) is 90.3 cm³/mol. The lowest BCUT2D eigenvalue weighted by atomic mass is 9.99. The summed E-state index contributed by atoms with van der Waals surface area (Å²) >= 11 is 3.24. The summed E-state index contributed by atoms with van der Waals surface area (Å²) < 4.78 is 0. The summed E-state index contributed by atoms with van der Waals surface area (Å²) in [4.78, 5) is 16.5. The zero-order chi connectivity index (χ0) is 14.9. The highest BCUT2D eigenvalue weighted by atomic mass is 32.2. The number of ketones is 1. The lowest BCUT2D eigenvalue weighted by Crippen LogP contribution is -2.32. The lowest BCUT2D eigenvalue weighted by Gasteiger charge is -2.31. The van der Waals surface area contributed by atoms with E-state index in [2.05, 4.69) is 11.8 Å². The van der Waals surface area contributed by atoms with Crippen LogP contribution in [0.4, 0.5) is 10.7 Å². The van der Waals surface area contributed by atoms with Gasteiger partial charge in [-0.05, 0) is 25.0 Å². The molecular weight excluding hydrogens is 288 g/mol. The lowest BCUT2D eigenvalue weighted by molar-refractivity contribution is 0.0944. The van der Waals surface area contributed by atoms with Crippen LogP contribution in [0.25, 0.3) is 0 Å². The Balaban J connectivity index is 2.33. The van der Waals surface area contributed by atoms with E-state index in [0.29, 0.717) is 5.69 Å². The smallest absolute Gasteiger partial charge is 0.177 e. The molecule has 1 aromatic heterocycles. The second-order valence-electron chi connectivity index (χ2n) is 5.87. The van der Waals surface area contributed by atoms with Crippen molar-refractivity contribution in [3.63, 3.8) is 0 Å². The molecule has 0 amide bonds. The number of thiophene rings is 1. The van der Waals surface area contributed by atoms with E-state index in [1.807, 2.05) is 20.1 Å². The maximum atomic E-state index is 12.3. The Hall–Kier alpha value is -0.680. The first-order valence-electron chi connectivity index (χ1n) is 7.21. The van der Waals surface area contributed by atoms with Crippen molar-refractivity contribution in [1.82, 2.24) is 0 Å². The predicted octanol–water partition coefficient (Wildman–Crippen LogP) is 4.13. The third kappa shape index (κ3) is 2.98. The Morgan fingerprint density at radius 1 is 1.40 bits per heavy atom. The Kier molecular flexibility index (Phi) is 5.02. The molecule has 2 N–H and O–H groups in total. The van der Waals surface area contributed by atoms with E-state index in [-0.39, 0.29) is 11.7 Å². The van der Waals surface area contributed by atoms with Crippen LogP contribution in [0.15, 0.2) is 4.90 Å². The highest BCUT2D eigenvalue weighted by molar-refractivity contribution is 7.99. The monoisotopic (exact) mass is 312 g/mol. The molecule has 0 saturated carbocycles. The van der Waals surface area contributed by atoms with Gasteiger partial charge < -0.3 is 10.6 Å². The van der Waals surface area contributed by atoms with Crippen molar-refractivity contribution in [3.8, 4) is 0 Å². The molecule has 1 aliphatic heterocycles. The highest BCUT2D eigenvalue weighted by Gasteiger charge is 2.26. The van der Waals surface area contributed by atoms with E-state index in [0.717, 1.165) is 28.8 Å². The molecule has 1 saturated heterocycles. The van der Waals surface area contributed by atoms with Crippen molar-refractivity contribution in [1.29, 1.82) is 0 Å². The van der Waals surface area contributed by atoms with Gasteiger partial charge in [0.1, 0.15) is 5.00 Å². The zero-order valence-corrected chi connectivity index (χ0v) is 14.4. The normalized spacial score (nSPS) is 16.9. The van der Waals surface area contributed by atoms with Gasteiger partial charge in [0.15, 0.2) is 5.78 Å². The van der Waals surface area contributed by atoms with Crippen LogP contribution in [0.2, 0.25) is 0 Å². The van der Waals surface area contributed by atoms with Crippen LogP contribution in [0.3, 0.4) is 0 Å². The van der Waals surface area contributed by atoms with E-state index in [1.165, 1.54) is 17.8 Å². The molecule has 0 radical (unpaired) electrons. The molecule has 0 atom stereocenters. The largest absolute Gasteiger partial charge is 0.396 e. The maximum absolute atomic E-state index is 12.3. The molecule has 0 aromatic carbocycles. The molecule has 0 bridgehead atoms. The van der Waals surface area contributed by atoms with Crippen LogP contribution >= 0.6 is 23.1 Å². The number of Topliss-reactive ketones (excluding diaryl/α,β-unsaturated/α-hetero) is 1. The topological polar surface area (TPSA) is 46.3 Å². The van der Waals surface area contributed by atoms with Gasteiger partial charge in [-0.3, -0.25) is 4.79 Å². The van der Waals surface area contributed by atoms with Crippen LogP contribution in [-0.4, -0.2) is 25.1 Å². The van der Waals surface area contributed by atoms with Gasteiger partial charge in [-0.1, -0.05) is 20.8 Å². The molecule has 2 rings (SSSR count). The van der Waals surface area contributed by atoms with Gasteiger partial charge in [0.2, 0.25) is 0 Å². The molecule has 1 aromatic rings. The summed E-state index contributed by atoms with van der Waals surface area (Å²) in [6.45, 7) is 8.32. The first kappa shape index (κ1) is 15.7. The standard InChI is InChI=1S/C15H24N2OS2/c1-9(2)12(18)13-11(16)14(19-4)15(20-13)17-7-5-10(3)6-8-17/h9-10H,5-8,16H2,1-4H3. The molecule has 0 aliphatic carbocycles. The maximum Gasteiger partial charge on any atom is 0.177 e. The molecular formula is C15H24N2OS2. The number of hydrogen-bond acceptors (Lipinski definition) is 5. The number of nitrogens with two attached hydrogens (primary N) is 1. The summed E-state index contributed by atoms with van der Waals surface area (Å²) in [7, 11) is 0. The van der Waals surface area contributed by atoms with Gasteiger partial charge in [0, 0.05) is 19.0 Å². The first-order chi connectivity index (χ1) is 9.45. The van der Waals surface area contributed by atoms with Crippen molar-refractivity contribution in [3.05, 3.63) is 4.88 Å². The number of rotatable bonds is 4. The molecule has 5 heteroatoms. The van der Waals surface area contributed by atoms with Gasteiger partial charge in [-0.25, -0.2) is 0 Å². The van der Waals surface area contributed by atoms with Crippen LogP contribution in [0.1, 0.15) is 43.3 Å². The number of anilines is 2. The average molecular weight is 313 g/mol. The molecule has 1 fully saturated rings. The van der Waals surface area contributed by atoms with Gasteiger partial charge in [-0.15, -0.1) is 23.1 Å². The van der Waals surface area contributed by atoms with Gasteiger partial charge in [0.25, 0.3) is 0 Å². The quantitative estimate of drug-likeness (QED) is 0.671. The number of nitrogens with zero attached hydrogens (tertiary/aromatic N) is 1. The third-order valence-corrected chi connectivity index (χ3v) is 6.14. The van der Waals surface area contributed by atoms with Gasteiger partial charge in [-0.2, -0.15) is 0 Å². The minimum absolute atomic E-state index is 0.000107. The number of carbonyl (C=O) groups excluding carboxylic acids is 1. The van der Waals surface area contributed by atoms with Crippen molar-refractivity contribution in [2.24, 2.45) is 11.8 Å². The molecule has 1 aliphatic rings. The van der Waals surface area contributed by atoms with E-state index in [1.54, 1.807) is 23.1 Å². The van der Waals surface area contributed by atoms with Crippen molar-refractivity contribution in [2.75, 3.05) is 30.0 Å². The molecule has 0 spiro atoms. The summed E-state index contributed by atoms with van der Waals surface area (Å²) in [6.07, 6.45) is 4.48. The Morgan fingerprint density at radius 2 is 2.00 bits per heavy atom. The first-order valence-corrected chi connectivity index (χ1v) is 9.25. The second-order valence-corrected chi connectivity index (χ2v) is 7.69. The van der Waals surface area contributed by atoms with Crippen LogP contribution in [0.5, 0.6) is 0 Å². The minimum atomic E-state index is -0.000107. The molecule has 112 valence electrons. The highest BCUT2D eigenvalue weighted by Crippen LogP contribution is 2.45. The van der Waals surface area contributed by atoms with Crippen molar-refractivity contribution < 1.29 is 4.79 Å². The van der Waals surface area contributed by atoms with Crippen molar-refractivity contribution >= 4 is 39.6 Å². The second kappa shape index (κ2) is 6.39. The fourth-order valence-corrected chi connectivity index (χ4v) is 4.80. The fraction of sp³-hybridized carbons (Fsp3) is 0.667.